The van der Waals surface area contributed by atoms with Gasteiger partial charge in [-0.1, -0.05) is 28.1 Å². The highest BCUT2D eigenvalue weighted by Crippen LogP contribution is 2.20. The van der Waals surface area contributed by atoms with Crippen LogP contribution in [0.1, 0.15) is 5.56 Å². The second-order valence-corrected chi connectivity index (χ2v) is 4.96. The lowest BCUT2D eigenvalue weighted by molar-refractivity contribution is 0.463. The molecule has 0 bridgehead atoms. The zero-order chi connectivity index (χ0) is 14.0. The first-order valence-electron chi connectivity index (χ1n) is 5.44. The number of anilines is 1. The van der Waals surface area contributed by atoms with E-state index in [0.29, 0.717) is 12.6 Å². The molecule has 2 nitrogen and oxygen atoms in total. The SMILES string of the molecule is CN(Cc1ccc(Br)cc1)c1nc(F)c(F)cc1F. The minimum absolute atomic E-state index is 0.221. The summed E-state index contributed by atoms with van der Waals surface area (Å²) in [5, 5.41) is 0. The molecule has 1 heterocycles. The minimum Gasteiger partial charge on any atom is -0.353 e. The molecule has 2 rings (SSSR count). The zero-order valence-electron chi connectivity index (χ0n) is 10.0. The van der Waals surface area contributed by atoms with E-state index in [1.807, 2.05) is 24.3 Å². The highest BCUT2D eigenvalue weighted by Gasteiger charge is 2.15. The van der Waals surface area contributed by atoms with E-state index in [0.717, 1.165) is 10.0 Å². The Kier molecular flexibility index (Phi) is 4.09. The van der Waals surface area contributed by atoms with Crippen LogP contribution >= 0.6 is 15.9 Å². The molecule has 1 aromatic heterocycles. The first-order chi connectivity index (χ1) is 8.97. The predicted molar refractivity (Wildman–Crippen MR) is 70.4 cm³/mol. The maximum atomic E-state index is 13.5. The van der Waals surface area contributed by atoms with Gasteiger partial charge in [0.05, 0.1) is 0 Å². The molecule has 0 spiro atoms. The molecule has 6 heteroatoms. The Bertz CT molecular complexity index is 587. The Hall–Kier alpha value is -1.56. The van der Waals surface area contributed by atoms with Gasteiger partial charge in [0.2, 0.25) is 0 Å². The fourth-order valence-corrected chi connectivity index (χ4v) is 1.91. The van der Waals surface area contributed by atoms with E-state index in [4.69, 9.17) is 0 Å². The van der Waals surface area contributed by atoms with Crippen molar-refractivity contribution >= 4 is 21.7 Å². The molecule has 0 saturated carbocycles. The highest BCUT2D eigenvalue weighted by molar-refractivity contribution is 9.10. The van der Waals surface area contributed by atoms with E-state index in [9.17, 15) is 13.2 Å². The summed E-state index contributed by atoms with van der Waals surface area (Å²) in [6.45, 7) is 0.336. The average molecular weight is 331 g/mol. The molecule has 1 aromatic carbocycles. The van der Waals surface area contributed by atoms with Crippen molar-refractivity contribution in [3.63, 3.8) is 0 Å². The predicted octanol–water partition coefficient (Wildman–Crippen LogP) is 3.90. The molecule has 0 atom stereocenters. The van der Waals surface area contributed by atoms with Gasteiger partial charge in [-0.2, -0.15) is 9.37 Å². The molecule has 0 saturated heterocycles. The van der Waals surface area contributed by atoms with E-state index in [2.05, 4.69) is 20.9 Å². The molecule has 0 aliphatic carbocycles. The Morgan fingerprint density at radius 3 is 2.37 bits per heavy atom. The summed E-state index contributed by atoms with van der Waals surface area (Å²) in [4.78, 5) is 4.70. The van der Waals surface area contributed by atoms with Crippen LogP contribution < -0.4 is 4.90 Å². The largest absolute Gasteiger partial charge is 0.353 e. The van der Waals surface area contributed by atoms with Gasteiger partial charge in [-0.3, -0.25) is 0 Å². The number of hydrogen-bond acceptors (Lipinski definition) is 2. The zero-order valence-corrected chi connectivity index (χ0v) is 11.6. The van der Waals surface area contributed by atoms with E-state index in [1.165, 1.54) is 4.90 Å². The van der Waals surface area contributed by atoms with E-state index in [-0.39, 0.29) is 5.82 Å². The number of halogens is 4. The van der Waals surface area contributed by atoms with Gasteiger partial charge < -0.3 is 4.90 Å². The second-order valence-electron chi connectivity index (χ2n) is 4.05. The summed E-state index contributed by atoms with van der Waals surface area (Å²) in [6.07, 6.45) is 0. The van der Waals surface area contributed by atoms with Crippen molar-refractivity contribution < 1.29 is 13.2 Å². The number of aromatic nitrogens is 1. The van der Waals surface area contributed by atoms with Gasteiger partial charge in [0.1, 0.15) is 0 Å². The summed E-state index contributed by atoms with van der Waals surface area (Å²) in [7, 11) is 1.56. The highest BCUT2D eigenvalue weighted by atomic mass is 79.9. The molecule has 0 aliphatic rings. The fraction of sp³-hybridized carbons (Fsp3) is 0.154. The van der Waals surface area contributed by atoms with Gasteiger partial charge in [-0.15, -0.1) is 0 Å². The molecule has 2 aromatic rings. The van der Waals surface area contributed by atoms with Crippen LogP contribution in [-0.2, 0) is 6.54 Å². The maximum absolute atomic E-state index is 13.5. The summed E-state index contributed by atoms with van der Waals surface area (Å²) in [5.41, 5.74) is 0.900. The summed E-state index contributed by atoms with van der Waals surface area (Å²) < 4.78 is 40.3. The van der Waals surface area contributed by atoms with E-state index >= 15 is 0 Å². The molecule has 100 valence electrons. The third-order valence-electron chi connectivity index (χ3n) is 2.56. The maximum Gasteiger partial charge on any atom is 0.251 e. The number of benzene rings is 1. The summed E-state index contributed by atoms with van der Waals surface area (Å²) in [5.74, 6) is -3.71. The Labute approximate surface area is 117 Å². The van der Waals surface area contributed by atoms with E-state index in [1.54, 1.807) is 7.05 Å². The number of rotatable bonds is 3. The number of hydrogen-bond donors (Lipinski definition) is 0. The number of nitrogens with zero attached hydrogens (tertiary/aromatic N) is 2. The fourth-order valence-electron chi connectivity index (χ4n) is 1.64. The monoisotopic (exact) mass is 330 g/mol. The lowest BCUT2D eigenvalue weighted by atomic mass is 10.2. The molecular formula is C13H10BrF3N2. The van der Waals surface area contributed by atoms with Gasteiger partial charge in [-0.25, -0.2) is 8.78 Å². The van der Waals surface area contributed by atoms with Gasteiger partial charge in [0, 0.05) is 24.1 Å². The van der Waals surface area contributed by atoms with Gasteiger partial charge >= 0.3 is 0 Å². The lowest BCUT2D eigenvalue weighted by Crippen LogP contribution is -2.20. The Balaban J connectivity index is 2.22. The minimum atomic E-state index is -1.31. The van der Waals surface area contributed by atoms with Crippen LogP contribution in [0.5, 0.6) is 0 Å². The first kappa shape index (κ1) is 13.9. The van der Waals surface area contributed by atoms with Gasteiger partial charge in [0.25, 0.3) is 5.95 Å². The molecular weight excluding hydrogens is 321 g/mol. The smallest absolute Gasteiger partial charge is 0.251 e. The van der Waals surface area contributed by atoms with Crippen LogP contribution in [0.25, 0.3) is 0 Å². The molecule has 0 amide bonds. The van der Waals surface area contributed by atoms with Crippen LogP contribution in [0.15, 0.2) is 34.8 Å². The Morgan fingerprint density at radius 1 is 1.11 bits per heavy atom. The number of pyridine rings is 1. The van der Waals surface area contributed by atoms with Crippen molar-refractivity contribution in [2.75, 3.05) is 11.9 Å². The third kappa shape index (κ3) is 3.26. The van der Waals surface area contributed by atoms with Crippen molar-refractivity contribution in [2.45, 2.75) is 6.54 Å². The summed E-state index contributed by atoms with van der Waals surface area (Å²) in [6, 6.07) is 7.88. The Morgan fingerprint density at radius 2 is 1.74 bits per heavy atom. The second kappa shape index (κ2) is 5.61. The normalized spacial score (nSPS) is 10.6. The van der Waals surface area contributed by atoms with Gasteiger partial charge in [-0.05, 0) is 17.7 Å². The molecule has 19 heavy (non-hydrogen) atoms. The third-order valence-corrected chi connectivity index (χ3v) is 3.09. The van der Waals surface area contributed by atoms with Crippen LogP contribution in [0.3, 0.4) is 0 Å². The van der Waals surface area contributed by atoms with Crippen molar-refractivity contribution in [3.05, 3.63) is 58.0 Å². The summed E-state index contributed by atoms with van der Waals surface area (Å²) >= 11 is 3.31. The molecule has 0 unspecified atom stereocenters. The van der Waals surface area contributed by atoms with Crippen LogP contribution in [0.2, 0.25) is 0 Å². The van der Waals surface area contributed by atoms with E-state index < -0.39 is 17.6 Å². The molecule has 0 aliphatic heterocycles. The standard InChI is InChI=1S/C13H10BrF3N2/c1-19(7-8-2-4-9(14)5-3-8)13-11(16)6-10(15)12(17)18-13/h2-6H,7H2,1H3. The molecule has 0 N–H and O–H groups in total. The van der Waals surface area contributed by atoms with Crippen LogP contribution in [-0.4, -0.2) is 12.0 Å². The van der Waals surface area contributed by atoms with Crippen molar-refractivity contribution in [3.8, 4) is 0 Å². The quantitative estimate of drug-likeness (QED) is 0.793. The average Bonchev–Trinajstić information content (AvgIpc) is 2.36. The van der Waals surface area contributed by atoms with Crippen LogP contribution in [0.4, 0.5) is 19.0 Å². The van der Waals surface area contributed by atoms with Crippen molar-refractivity contribution in [1.29, 1.82) is 0 Å². The lowest BCUT2D eigenvalue weighted by Gasteiger charge is -2.18. The molecule has 0 fully saturated rings. The van der Waals surface area contributed by atoms with Crippen molar-refractivity contribution in [1.82, 2.24) is 4.98 Å². The van der Waals surface area contributed by atoms with Crippen molar-refractivity contribution in [2.24, 2.45) is 0 Å². The first-order valence-corrected chi connectivity index (χ1v) is 6.24. The van der Waals surface area contributed by atoms with Gasteiger partial charge in [0.15, 0.2) is 17.5 Å². The van der Waals surface area contributed by atoms with Crippen LogP contribution in [0, 0.1) is 17.6 Å². The topological polar surface area (TPSA) is 16.1 Å². The molecule has 0 radical (unpaired) electrons.